The number of fused-ring (bicyclic) bond motifs is 1. The van der Waals surface area contributed by atoms with E-state index < -0.39 is 0 Å². The summed E-state index contributed by atoms with van der Waals surface area (Å²) < 4.78 is 1.96. The van der Waals surface area contributed by atoms with Crippen molar-refractivity contribution in [3.05, 3.63) is 35.2 Å². The van der Waals surface area contributed by atoms with E-state index >= 15 is 0 Å². The molecule has 2 nitrogen and oxygen atoms in total. The van der Waals surface area contributed by atoms with Crippen LogP contribution < -0.4 is 0 Å². The molecule has 0 unspecified atom stereocenters. The van der Waals surface area contributed by atoms with Crippen molar-refractivity contribution in [1.29, 1.82) is 0 Å². The van der Waals surface area contributed by atoms with E-state index in [1.54, 1.807) is 6.20 Å². The highest BCUT2D eigenvalue weighted by molar-refractivity contribution is 6.33. The third kappa shape index (κ3) is 1.50. The molecular formula is C11H13ClN2. The van der Waals surface area contributed by atoms with Crippen LogP contribution in [0, 0.1) is 0 Å². The number of nitrogens with zero attached hydrogens (tertiary/aromatic N) is 2. The molecule has 0 aliphatic carbocycles. The van der Waals surface area contributed by atoms with Gasteiger partial charge in [-0.1, -0.05) is 32.4 Å². The summed E-state index contributed by atoms with van der Waals surface area (Å²) in [7, 11) is 0. The number of aromatic nitrogens is 2. The van der Waals surface area contributed by atoms with Crippen LogP contribution in [0.4, 0.5) is 0 Å². The molecule has 3 heteroatoms. The van der Waals surface area contributed by atoms with Crippen LogP contribution in [0.25, 0.3) is 5.65 Å². The summed E-state index contributed by atoms with van der Waals surface area (Å²) in [5.41, 5.74) is 2.15. The summed E-state index contributed by atoms with van der Waals surface area (Å²) in [4.78, 5) is 4.17. The normalized spacial score (nSPS) is 12.3. The van der Waals surface area contributed by atoms with Crippen LogP contribution >= 0.6 is 11.6 Å². The Kier molecular flexibility index (Phi) is 2.04. The highest BCUT2D eigenvalue weighted by Gasteiger charge is 2.15. The molecule has 0 amide bonds. The lowest BCUT2D eigenvalue weighted by molar-refractivity contribution is 0.586. The van der Waals surface area contributed by atoms with E-state index in [-0.39, 0.29) is 5.41 Å². The molecule has 2 aromatic heterocycles. The molecule has 0 saturated carbocycles. The van der Waals surface area contributed by atoms with Gasteiger partial charge in [-0.15, -0.1) is 0 Å². The van der Waals surface area contributed by atoms with Crippen molar-refractivity contribution in [2.24, 2.45) is 0 Å². The van der Waals surface area contributed by atoms with Gasteiger partial charge in [0.1, 0.15) is 0 Å². The fourth-order valence-corrected chi connectivity index (χ4v) is 1.66. The van der Waals surface area contributed by atoms with Gasteiger partial charge in [0.15, 0.2) is 5.65 Å². The molecule has 0 spiro atoms. The predicted octanol–water partition coefficient (Wildman–Crippen LogP) is 3.29. The lowest BCUT2D eigenvalue weighted by Crippen LogP contribution is -2.12. The van der Waals surface area contributed by atoms with Gasteiger partial charge >= 0.3 is 0 Å². The first-order valence-corrected chi connectivity index (χ1v) is 4.99. The predicted molar refractivity (Wildman–Crippen MR) is 58.9 cm³/mol. The molecule has 14 heavy (non-hydrogen) atoms. The molecule has 2 heterocycles. The zero-order chi connectivity index (χ0) is 10.3. The second-order valence-electron chi connectivity index (χ2n) is 4.48. The van der Waals surface area contributed by atoms with Crippen molar-refractivity contribution in [1.82, 2.24) is 9.38 Å². The van der Waals surface area contributed by atoms with Crippen molar-refractivity contribution in [2.75, 3.05) is 0 Å². The summed E-state index contributed by atoms with van der Waals surface area (Å²) in [6.07, 6.45) is 5.75. The first kappa shape index (κ1) is 9.53. The van der Waals surface area contributed by atoms with Crippen LogP contribution in [0.5, 0.6) is 0 Å². The summed E-state index contributed by atoms with van der Waals surface area (Å²) in [5, 5.41) is 0.711. The highest BCUT2D eigenvalue weighted by atomic mass is 35.5. The minimum absolute atomic E-state index is 0.113. The van der Waals surface area contributed by atoms with Crippen molar-refractivity contribution in [3.8, 4) is 0 Å². The van der Waals surface area contributed by atoms with E-state index in [9.17, 15) is 0 Å². The molecule has 0 radical (unpaired) electrons. The van der Waals surface area contributed by atoms with Gasteiger partial charge in [-0.3, -0.25) is 0 Å². The van der Waals surface area contributed by atoms with E-state index in [0.29, 0.717) is 5.02 Å². The Hall–Kier alpha value is -1.02. The van der Waals surface area contributed by atoms with Gasteiger partial charge in [-0.2, -0.15) is 0 Å². The Balaban J connectivity index is 2.70. The van der Waals surface area contributed by atoms with E-state index in [1.807, 2.05) is 16.7 Å². The molecule has 0 saturated heterocycles. The highest BCUT2D eigenvalue weighted by Crippen LogP contribution is 2.26. The standard InChI is InChI=1S/C11H13ClN2/c1-11(2,3)8-6-9(12)10-13-4-5-14(10)7-8/h4-7H,1-3H3. The maximum absolute atomic E-state index is 6.13. The minimum Gasteiger partial charge on any atom is -0.306 e. The Bertz CT molecular complexity index is 466. The van der Waals surface area contributed by atoms with Crippen LogP contribution in [0.15, 0.2) is 24.7 Å². The quantitative estimate of drug-likeness (QED) is 0.650. The monoisotopic (exact) mass is 208 g/mol. The van der Waals surface area contributed by atoms with Crippen molar-refractivity contribution < 1.29 is 0 Å². The summed E-state index contributed by atoms with van der Waals surface area (Å²) in [6, 6.07) is 1.99. The van der Waals surface area contributed by atoms with Crippen molar-refractivity contribution in [2.45, 2.75) is 26.2 Å². The topological polar surface area (TPSA) is 17.3 Å². The zero-order valence-electron chi connectivity index (χ0n) is 8.58. The Labute approximate surface area is 88.5 Å². The number of halogens is 1. The van der Waals surface area contributed by atoms with Gasteiger partial charge in [0, 0.05) is 18.6 Å². The molecule has 2 rings (SSSR count). The summed E-state index contributed by atoms with van der Waals surface area (Å²) >= 11 is 6.13. The van der Waals surface area contributed by atoms with Gasteiger partial charge in [0.2, 0.25) is 0 Å². The minimum atomic E-state index is 0.113. The third-order valence-corrected chi connectivity index (χ3v) is 2.59. The fraction of sp³-hybridized carbons (Fsp3) is 0.364. The molecular weight excluding hydrogens is 196 g/mol. The Morgan fingerprint density at radius 3 is 2.71 bits per heavy atom. The molecule has 0 atom stereocenters. The van der Waals surface area contributed by atoms with Crippen LogP contribution in [-0.2, 0) is 5.41 Å². The van der Waals surface area contributed by atoms with Crippen molar-refractivity contribution >= 4 is 17.2 Å². The van der Waals surface area contributed by atoms with Gasteiger partial charge in [-0.25, -0.2) is 4.98 Å². The molecule has 0 fully saturated rings. The number of imidazole rings is 1. The largest absolute Gasteiger partial charge is 0.306 e. The lowest BCUT2D eigenvalue weighted by Gasteiger charge is -2.19. The first-order chi connectivity index (χ1) is 6.48. The zero-order valence-corrected chi connectivity index (χ0v) is 9.34. The van der Waals surface area contributed by atoms with Crippen LogP contribution in [0.3, 0.4) is 0 Å². The maximum Gasteiger partial charge on any atom is 0.155 e. The molecule has 0 aromatic carbocycles. The SMILES string of the molecule is CC(C)(C)c1cc(Cl)c2nccn2c1. The van der Waals surface area contributed by atoms with E-state index in [4.69, 9.17) is 11.6 Å². The van der Waals surface area contributed by atoms with Crippen molar-refractivity contribution in [3.63, 3.8) is 0 Å². The molecule has 0 bridgehead atoms. The average molecular weight is 209 g/mol. The van der Waals surface area contributed by atoms with E-state index in [2.05, 4.69) is 32.0 Å². The smallest absolute Gasteiger partial charge is 0.155 e. The number of rotatable bonds is 0. The van der Waals surface area contributed by atoms with Crippen LogP contribution in [0.2, 0.25) is 5.02 Å². The first-order valence-electron chi connectivity index (χ1n) is 4.61. The second-order valence-corrected chi connectivity index (χ2v) is 4.89. The van der Waals surface area contributed by atoms with E-state index in [0.717, 1.165) is 5.65 Å². The maximum atomic E-state index is 6.13. The van der Waals surface area contributed by atoms with Gasteiger partial charge < -0.3 is 4.40 Å². The second kappa shape index (κ2) is 2.99. The van der Waals surface area contributed by atoms with Gasteiger partial charge in [-0.05, 0) is 17.0 Å². The van der Waals surface area contributed by atoms with E-state index in [1.165, 1.54) is 5.56 Å². The molecule has 74 valence electrons. The molecule has 0 N–H and O–H groups in total. The Morgan fingerprint density at radius 2 is 2.07 bits per heavy atom. The fourth-order valence-electron chi connectivity index (χ4n) is 1.40. The summed E-state index contributed by atoms with van der Waals surface area (Å²) in [6.45, 7) is 6.50. The average Bonchev–Trinajstić information content (AvgIpc) is 2.50. The van der Waals surface area contributed by atoms with Crippen LogP contribution in [0.1, 0.15) is 26.3 Å². The van der Waals surface area contributed by atoms with Crippen LogP contribution in [-0.4, -0.2) is 9.38 Å². The number of pyridine rings is 1. The lowest BCUT2D eigenvalue weighted by atomic mass is 9.88. The van der Waals surface area contributed by atoms with Gasteiger partial charge in [0.05, 0.1) is 5.02 Å². The third-order valence-electron chi connectivity index (χ3n) is 2.31. The number of hydrogen-bond donors (Lipinski definition) is 0. The number of hydrogen-bond acceptors (Lipinski definition) is 1. The molecule has 0 aliphatic heterocycles. The van der Waals surface area contributed by atoms with Gasteiger partial charge in [0.25, 0.3) is 0 Å². The summed E-state index contributed by atoms with van der Waals surface area (Å²) in [5.74, 6) is 0. The molecule has 0 aliphatic rings. The molecule has 2 aromatic rings. The Morgan fingerprint density at radius 1 is 1.36 bits per heavy atom.